The second kappa shape index (κ2) is 39.4. The standard InChI is InChI=1S/C32H30F2N4O6S.C23H14F2INO6.C20H10F2O5.C8H6O4.C7H6O2/c33-20-11-18-25(13-23(20)39)44-26-14-24(40)21(34)12-19(26)29(18)16-5-1-2-6-17(16)31(42)36-10-9-35-28(41)8-4-3-7-27-30-22(15-45-27)37-32(43)38-30;24-15-5-12-18(7-17(15)28)33-22-13(20(12)10-3-1-2-4-11(10)23(31)32)6-16(25)21(30)14(22)9-27-19(29)8-26;21-13-5-11-17(7-15(13)23)27-18-8-16(24)14(22)6-12(18)19(11)9-3-1-2-4-10(9)20(25)26;9-7(10)5-3-1-2-4-6(5)8(11)12;8-7(9)6-4-2-1-3-5-6/h1-2,5-6,11-14,22,27,30,39H,3-4,7-10,15H2,(H,35,41)(H,36,42)(H2,37,38,43);1-7,30H,8-9H2,(H,27,29)(H,31,32);1-8,23H,(H,25,26);1-4H,(H,9,10)(H,11,12);1-5H,(H,8,9). The van der Waals surface area contributed by atoms with E-state index in [0.29, 0.717) is 29.2 Å². The summed E-state index contributed by atoms with van der Waals surface area (Å²) in [6, 6.07) is 42.9. The summed E-state index contributed by atoms with van der Waals surface area (Å²) in [4.78, 5) is 139. The number of fused-ring (bicyclic) bond motifs is 7. The normalized spacial score (nSPS) is 13.6. The number of alkyl halides is 1. The van der Waals surface area contributed by atoms with Crippen LogP contribution in [0.5, 0.6) is 17.2 Å². The van der Waals surface area contributed by atoms with Crippen LogP contribution < -0.4 is 42.9 Å². The van der Waals surface area contributed by atoms with Crippen LogP contribution in [0.1, 0.15) is 93.4 Å². The van der Waals surface area contributed by atoms with Crippen LogP contribution in [-0.4, -0.2) is 135 Å². The number of carboxylic acid groups (broad SMARTS) is 5. The van der Waals surface area contributed by atoms with E-state index in [-0.39, 0.29) is 182 Å². The van der Waals surface area contributed by atoms with Gasteiger partial charge in [-0.2, -0.15) is 11.8 Å². The SMILES string of the molecule is O=C(CCCCC1SCC2NC(=O)NC21)NCCNC(=O)c1ccccc1-c1c2cc(F)c(=O)cc-2oc2cc(O)c(F)cc12.O=C(CI)NCc1c(O)c(F)cc2c(-c3ccccc3C(=O)O)c3cc(F)c(=O)cc-3oc12.O=C(O)c1ccccc1.O=C(O)c1ccccc1-c1c2cc(F)c(=O)cc-2oc2cc(O)c(F)cc12.O=C(O)c1ccccc1C(=O)O. The molecule has 0 radical (unpaired) electrons. The number of carbonyl (C=O) groups excluding carboxylic acids is 4. The van der Waals surface area contributed by atoms with Gasteiger partial charge in [-0.15, -0.1) is 0 Å². The van der Waals surface area contributed by atoms with E-state index in [2.05, 4.69) is 26.6 Å². The van der Waals surface area contributed by atoms with E-state index in [9.17, 15) is 109 Å². The van der Waals surface area contributed by atoms with E-state index in [0.717, 1.165) is 85.3 Å². The predicted molar refractivity (Wildman–Crippen MR) is 456 cm³/mol. The summed E-state index contributed by atoms with van der Waals surface area (Å²) in [6.45, 7) is 0.0305. The van der Waals surface area contributed by atoms with Gasteiger partial charge < -0.3 is 80.7 Å². The molecule has 2 fully saturated rings. The molecule has 644 valence electrons. The first-order valence-electron chi connectivity index (χ1n) is 37.6. The Morgan fingerprint density at radius 1 is 0.429 bits per heavy atom. The van der Waals surface area contributed by atoms with Crippen molar-refractivity contribution in [3.63, 3.8) is 0 Å². The van der Waals surface area contributed by atoms with Crippen molar-refractivity contribution in [1.29, 1.82) is 0 Å². The number of amides is 5. The van der Waals surface area contributed by atoms with E-state index < -0.39 is 104 Å². The highest BCUT2D eigenvalue weighted by atomic mass is 127. The fourth-order valence-electron chi connectivity index (χ4n) is 14.1. The molecular weight excluding hydrogens is 1790 g/mol. The Kier molecular flexibility index (Phi) is 28.2. The Bertz CT molecular complexity index is 6740. The zero-order valence-electron chi connectivity index (χ0n) is 64.8. The molecule has 3 unspecified atom stereocenters. The maximum atomic E-state index is 14.8. The predicted octanol–water partition coefficient (Wildman–Crippen LogP) is 15.1. The van der Waals surface area contributed by atoms with Gasteiger partial charge in [0.05, 0.1) is 56.4 Å². The zero-order chi connectivity index (χ0) is 90.6. The third kappa shape index (κ3) is 20.1. The smallest absolute Gasteiger partial charge is 0.336 e. The van der Waals surface area contributed by atoms with E-state index >= 15 is 0 Å². The monoisotopic (exact) mass is 1860 g/mol. The number of hydrogen-bond acceptors (Lipinski definition) is 19. The van der Waals surface area contributed by atoms with Crippen molar-refractivity contribution in [2.24, 2.45) is 0 Å². The number of phenolic OH excluding ortho intramolecular Hbond substituents is 3. The molecule has 5 aliphatic heterocycles. The minimum Gasteiger partial charge on any atom is -0.505 e. The number of nitrogens with one attached hydrogen (secondary N) is 5. The van der Waals surface area contributed by atoms with Gasteiger partial charge in [0.2, 0.25) is 28.1 Å². The molecule has 13 N–H and O–H groups in total. The molecule has 16 rings (SSSR count). The summed E-state index contributed by atoms with van der Waals surface area (Å²) in [5.74, 6) is -14.3. The second-order valence-electron chi connectivity index (χ2n) is 27.9. The van der Waals surface area contributed by atoms with Gasteiger partial charge in [-0.3, -0.25) is 28.8 Å². The molecule has 36 heteroatoms. The van der Waals surface area contributed by atoms with Crippen LogP contribution >= 0.6 is 34.4 Å². The van der Waals surface area contributed by atoms with Crippen molar-refractivity contribution in [3.05, 3.63) is 299 Å². The summed E-state index contributed by atoms with van der Waals surface area (Å²) in [5, 5.41) is 89.2. The van der Waals surface area contributed by atoms with Gasteiger partial charge in [-0.25, -0.2) is 55.1 Å². The number of hydrogen-bond donors (Lipinski definition) is 13. The molecule has 0 saturated carbocycles. The summed E-state index contributed by atoms with van der Waals surface area (Å²) in [5.41, 5.74) is -1.54. The van der Waals surface area contributed by atoms with Crippen molar-refractivity contribution in [3.8, 4) is 84.6 Å². The van der Waals surface area contributed by atoms with Crippen molar-refractivity contribution in [1.82, 2.24) is 26.6 Å². The van der Waals surface area contributed by atoms with Crippen molar-refractivity contribution in [2.75, 3.05) is 23.3 Å². The number of phenols is 3. The first-order valence-corrected chi connectivity index (χ1v) is 40.2. The van der Waals surface area contributed by atoms with E-state index in [1.165, 1.54) is 60.7 Å². The fourth-order valence-corrected chi connectivity index (χ4v) is 15.9. The maximum Gasteiger partial charge on any atom is 0.336 e. The molecule has 28 nitrogen and oxygen atoms in total. The second-order valence-corrected chi connectivity index (χ2v) is 29.9. The number of thioether (sulfide) groups is 1. The number of unbranched alkanes of at least 4 members (excludes halogenated alkanes) is 1. The van der Waals surface area contributed by atoms with Crippen molar-refractivity contribution < 1.29 is 124 Å². The third-order valence-corrected chi connectivity index (χ3v) is 22.1. The molecule has 0 aromatic heterocycles. The Hall–Kier alpha value is -15.1. The van der Waals surface area contributed by atoms with Crippen LogP contribution in [0, 0.1) is 34.9 Å². The summed E-state index contributed by atoms with van der Waals surface area (Å²) >= 11 is 3.67. The highest BCUT2D eigenvalue weighted by Gasteiger charge is 2.43. The summed E-state index contributed by atoms with van der Waals surface area (Å²) in [7, 11) is 0. The molecule has 0 bridgehead atoms. The lowest BCUT2D eigenvalue weighted by molar-refractivity contribution is -0.121. The van der Waals surface area contributed by atoms with Gasteiger partial charge in [-0.05, 0) is 108 Å². The quantitative estimate of drug-likeness (QED) is 0.00841. The van der Waals surface area contributed by atoms with Crippen LogP contribution in [0.3, 0.4) is 0 Å². The molecule has 2 saturated heterocycles. The van der Waals surface area contributed by atoms with Gasteiger partial charge in [0, 0.05) is 116 Å². The lowest BCUT2D eigenvalue weighted by Gasteiger charge is -2.19. The van der Waals surface area contributed by atoms with Crippen LogP contribution in [0.2, 0.25) is 0 Å². The molecule has 5 heterocycles. The molecule has 8 aromatic carbocycles. The first-order chi connectivity index (χ1) is 60.2. The zero-order valence-corrected chi connectivity index (χ0v) is 67.8. The summed E-state index contributed by atoms with van der Waals surface area (Å²) in [6.07, 6.45) is 2.83. The average Bonchev–Trinajstić information content (AvgIpc) is 0.948. The Morgan fingerprint density at radius 3 is 1.31 bits per heavy atom. The largest absolute Gasteiger partial charge is 0.505 e. The minimum absolute atomic E-state index is 0.00124. The Labute approximate surface area is 722 Å². The number of halogens is 7. The number of carboxylic acids is 5. The molecule has 3 atom stereocenters. The van der Waals surface area contributed by atoms with Crippen LogP contribution in [0.4, 0.5) is 31.1 Å². The molecule has 126 heavy (non-hydrogen) atoms. The van der Waals surface area contributed by atoms with E-state index in [1.807, 2.05) is 34.4 Å². The van der Waals surface area contributed by atoms with Crippen LogP contribution in [-0.2, 0) is 16.1 Å². The minimum atomic E-state index is -1.28. The van der Waals surface area contributed by atoms with Crippen LogP contribution in [0.25, 0.3) is 100 Å². The van der Waals surface area contributed by atoms with Gasteiger partial charge in [-0.1, -0.05) is 114 Å². The third-order valence-electron chi connectivity index (χ3n) is 19.9. The van der Waals surface area contributed by atoms with Crippen molar-refractivity contribution in [2.45, 2.75) is 49.6 Å². The number of aromatic hydroxyl groups is 3. The maximum absolute atomic E-state index is 14.8. The molecule has 0 spiro atoms. The Balaban J connectivity index is 0.000000157. The first kappa shape index (κ1) is 90.2. The van der Waals surface area contributed by atoms with Gasteiger partial charge >= 0.3 is 35.9 Å². The average molecular weight is 1860 g/mol. The fraction of sp³-hybridized carbons (Fsp3) is 0.133. The van der Waals surface area contributed by atoms with E-state index in [4.69, 9.17) is 28.6 Å². The molecule has 8 aliphatic rings. The number of benzene rings is 11. The Morgan fingerprint density at radius 2 is 0.849 bits per heavy atom. The molecular formula is C90H66F6IN5O23S. The highest BCUT2D eigenvalue weighted by Crippen LogP contribution is 2.48. The lowest BCUT2D eigenvalue weighted by atomic mass is 9.89. The lowest BCUT2D eigenvalue weighted by Crippen LogP contribution is -2.36. The van der Waals surface area contributed by atoms with Crippen molar-refractivity contribution >= 4 is 121 Å². The summed E-state index contributed by atoms with van der Waals surface area (Å²) < 4.78 is 103. The highest BCUT2D eigenvalue weighted by molar-refractivity contribution is 14.1. The van der Waals surface area contributed by atoms with Gasteiger partial charge in [0.15, 0.2) is 52.2 Å². The number of carbonyl (C=O) groups is 9. The number of aromatic carboxylic acids is 5. The number of urea groups is 1. The number of rotatable bonds is 20. The van der Waals surface area contributed by atoms with Gasteiger partial charge in [0.25, 0.3) is 5.91 Å². The van der Waals surface area contributed by atoms with Crippen LogP contribution in [0.15, 0.2) is 222 Å². The molecule has 8 aromatic rings. The topological polar surface area (TPSA) is 466 Å². The van der Waals surface area contributed by atoms with Gasteiger partial charge in [0.1, 0.15) is 34.0 Å². The molecule has 5 amide bonds. The molecule has 3 aliphatic carbocycles. The van der Waals surface area contributed by atoms with E-state index in [1.54, 1.807) is 66.7 Å².